The number of fused-ring (bicyclic) bond motifs is 5. The molecule has 2 amide bonds. The molecule has 2 aliphatic carbocycles. The summed E-state index contributed by atoms with van der Waals surface area (Å²) >= 11 is 7.31. The highest BCUT2D eigenvalue weighted by Crippen LogP contribution is 2.59. The Morgan fingerprint density at radius 3 is 1.95 bits per heavy atom. The van der Waals surface area contributed by atoms with E-state index >= 15 is 0 Å². The average molecular weight is 390 g/mol. The fourth-order valence-electron chi connectivity index (χ4n) is 3.86. The third kappa shape index (κ3) is 1.36. The average Bonchev–Trinajstić information content (AvgIpc) is 3.10. The lowest BCUT2D eigenvalue weighted by Gasteiger charge is -2.28. The van der Waals surface area contributed by atoms with Crippen molar-refractivity contribution < 1.29 is 9.59 Å². The second-order valence-electron chi connectivity index (χ2n) is 5.33. The Morgan fingerprint density at radius 2 is 1.47 bits per heavy atom. The molecule has 6 nitrogen and oxygen atoms in total. The van der Waals surface area contributed by atoms with Crippen molar-refractivity contribution in [2.24, 2.45) is 23.7 Å². The highest BCUT2D eigenvalue weighted by molar-refractivity contribution is 9.12. The molecule has 0 aromatic carbocycles. The summed E-state index contributed by atoms with van der Waals surface area (Å²) in [5.41, 5.74) is 0. The third-order valence-corrected chi connectivity index (χ3v) is 7.81. The first-order valence-corrected chi connectivity index (χ1v) is 7.95. The first-order chi connectivity index (χ1) is 9.11. The Bertz CT molecular complexity index is 531. The molecule has 4 rings (SSSR count). The van der Waals surface area contributed by atoms with Gasteiger partial charge in [-0.25, -0.2) is 4.68 Å². The molecule has 0 spiro atoms. The summed E-state index contributed by atoms with van der Waals surface area (Å²) in [6, 6.07) is 0. The molecule has 6 atom stereocenters. The van der Waals surface area contributed by atoms with Gasteiger partial charge in [0.25, 0.3) is 11.8 Å². The lowest BCUT2D eigenvalue weighted by atomic mass is 9.81. The second-order valence-corrected chi connectivity index (χ2v) is 7.45. The van der Waals surface area contributed by atoms with Gasteiger partial charge in [-0.2, -0.15) is 5.01 Å². The monoisotopic (exact) mass is 388 g/mol. The number of hydrogen-bond donors (Lipinski definition) is 0. The summed E-state index contributed by atoms with van der Waals surface area (Å²) in [5, 5.41) is 8.52. The fraction of sp³-hybridized carbons (Fsp3) is 0.636. The first kappa shape index (κ1) is 12.0. The molecule has 1 aliphatic heterocycles. The van der Waals surface area contributed by atoms with Crippen LogP contribution in [0.15, 0.2) is 12.7 Å². The number of hydrogen-bond acceptors (Lipinski definition) is 4. The highest BCUT2D eigenvalue weighted by Gasteiger charge is 2.66. The largest absolute Gasteiger partial charge is 0.272 e. The van der Waals surface area contributed by atoms with Gasteiger partial charge in [0, 0.05) is 9.65 Å². The molecular formula is C11H10Br2N4O2. The molecule has 3 fully saturated rings. The van der Waals surface area contributed by atoms with E-state index in [9.17, 15) is 9.59 Å². The van der Waals surface area contributed by atoms with E-state index in [0.717, 1.165) is 6.42 Å². The molecule has 1 aromatic heterocycles. The van der Waals surface area contributed by atoms with E-state index in [4.69, 9.17) is 0 Å². The maximum atomic E-state index is 12.5. The molecule has 1 aromatic rings. The molecule has 2 heterocycles. The van der Waals surface area contributed by atoms with Crippen LogP contribution in [0.25, 0.3) is 0 Å². The Labute approximate surface area is 125 Å². The minimum absolute atomic E-state index is 0.119. The van der Waals surface area contributed by atoms with Crippen LogP contribution in [0, 0.1) is 23.7 Å². The first-order valence-electron chi connectivity index (χ1n) is 6.12. The van der Waals surface area contributed by atoms with Crippen molar-refractivity contribution >= 4 is 43.7 Å². The number of alkyl halides is 2. The Kier molecular flexibility index (Phi) is 2.45. The van der Waals surface area contributed by atoms with Crippen LogP contribution in [-0.2, 0) is 9.59 Å². The minimum Gasteiger partial charge on any atom is -0.272 e. The van der Waals surface area contributed by atoms with E-state index in [1.165, 1.54) is 22.3 Å². The third-order valence-electron chi connectivity index (χ3n) is 4.60. The van der Waals surface area contributed by atoms with Gasteiger partial charge in [0.1, 0.15) is 12.7 Å². The molecule has 0 N–H and O–H groups in total. The van der Waals surface area contributed by atoms with Crippen molar-refractivity contribution in [2.45, 2.75) is 16.1 Å². The Hall–Kier alpha value is -0.760. The number of nitrogens with zero attached hydrogens (tertiary/aromatic N) is 4. The number of aromatic nitrogens is 3. The predicted octanol–water partition coefficient (Wildman–Crippen LogP) is 0.692. The van der Waals surface area contributed by atoms with Gasteiger partial charge in [0.2, 0.25) is 0 Å². The van der Waals surface area contributed by atoms with Crippen molar-refractivity contribution in [1.29, 1.82) is 0 Å². The highest BCUT2D eigenvalue weighted by atomic mass is 79.9. The maximum Gasteiger partial charge on any atom is 0.252 e. The quantitative estimate of drug-likeness (QED) is 0.523. The van der Waals surface area contributed by atoms with Crippen LogP contribution >= 0.6 is 31.9 Å². The van der Waals surface area contributed by atoms with Crippen LogP contribution in [0.1, 0.15) is 6.42 Å². The summed E-state index contributed by atoms with van der Waals surface area (Å²) < 4.78 is 1.38. The SMILES string of the molecule is O=C1[C@@H]2[C@@H]3C[C@H]([C@H](Br)[C@@H]3Br)[C@@H]2C(=O)N1n1cnnc1. The standard InChI is InChI=1S/C11H10Br2N4O2/c12-8-4-1-5(9(8)13)7-6(4)10(18)17(11(7)19)16-2-14-15-3-16/h2-9H,1H2/t4-,5-,6-,7+,8-,9+/m0/s1. The number of imide groups is 1. The van der Waals surface area contributed by atoms with Gasteiger partial charge in [-0.1, -0.05) is 31.9 Å². The lowest BCUT2D eigenvalue weighted by Crippen LogP contribution is -2.41. The second kappa shape index (κ2) is 3.88. The lowest BCUT2D eigenvalue weighted by molar-refractivity contribution is -0.125. The smallest absolute Gasteiger partial charge is 0.252 e. The van der Waals surface area contributed by atoms with Crippen molar-refractivity contribution in [2.75, 3.05) is 5.01 Å². The van der Waals surface area contributed by atoms with Crippen LogP contribution in [-0.4, -0.2) is 36.3 Å². The van der Waals surface area contributed by atoms with Gasteiger partial charge in [0.05, 0.1) is 11.8 Å². The number of amides is 2. The van der Waals surface area contributed by atoms with Crippen LogP contribution in [0.2, 0.25) is 0 Å². The molecule has 8 heteroatoms. The molecule has 3 aliphatic rings. The van der Waals surface area contributed by atoms with E-state index in [-0.39, 0.29) is 45.1 Å². The van der Waals surface area contributed by atoms with Gasteiger partial charge >= 0.3 is 0 Å². The van der Waals surface area contributed by atoms with E-state index < -0.39 is 0 Å². The molecular weight excluding hydrogens is 380 g/mol. The van der Waals surface area contributed by atoms with E-state index in [0.29, 0.717) is 0 Å². The molecule has 0 radical (unpaired) electrons. The van der Waals surface area contributed by atoms with Crippen molar-refractivity contribution in [3.05, 3.63) is 12.7 Å². The minimum atomic E-state index is -0.196. The van der Waals surface area contributed by atoms with Crippen LogP contribution in [0.4, 0.5) is 0 Å². The Morgan fingerprint density at radius 1 is 1.00 bits per heavy atom. The van der Waals surface area contributed by atoms with E-state index in [1.54, 1.807) is 0 Å². The van der Waals surface area contributed by atoms with Gasteiger partial charge in [-0.05, 0) is 18.3 Å². The molecule has 0 unspecified atom stereocenters. The zero-order chi connectivity index (χ0) is 13.3. The van der Waals surface area contributed by atoms with Crippen LogP contribution in [0.3, 0.4) is 0 Å². The van der Waals surface area contributed by atoms with Crippen molar-refractivity contribution in [1.82, 2.24) is 14.9 Å². The zero-order valence-electron chi connectivity index (χ0n) is 9.69. The van der Waals surface area contributed by atoms with Crippen LogP contribution < -0.4 is 5.01 Å². The topological polar surface area (TPSA) is 68.1 Å². The zero-order valence-corrected chi connectivity index (χ0v) is 12.9. The number of carbonyl (C=O) groups excluding carboxylic acids is 2. The van der Waals surface area contributed by atoms with E-state index in [2.05, 4.69) is 42.1 Å². The van der Waals surface area contributed by atoms with Gasteiger partial charge < -0.3 is 0 Å². The van der Waals surface area contributed by atoms with Crippen molar-refractivity contribution in [3.63, 3.8) is 0 Å². The summed E-state index contributed by atoms with van der Waals surface area (Å²) in [6.07, 6.45) is 3.71. The van der Waals surface area contributed by atoms with Gasteiger partial charge in [0.15, 0.2) is 0 Å². The molecule has 19 heavy (non-hydrogen) atoms. The maximum absolute atomic E-state index is 12.5. The summed E-state index contributed by atoms with van der Waals surface area (Å²) in [7, 11) is 0. The van der Waals surface area contributed by atoms with Gasteiger partial charge in [-0.3, -0.25) is 9.59 Å². The molecule has 2 saturated carbocycles. The Balaban J connectivity index is 1.76. The molecule has 2 bridgehead atoms. The summed E-state index contributed by atoms with van der Waals surface area (Å²) in [6.45, 7) is 0. The van der Waals surface area contributed by atoms with Crippen LogP contribution in [0.5, 0.6) is 0 Å². The molecule has 1 saturated heterocycles. The number of halogens is 2. The van der Waals surface area contributed by atoms with Gasteiger partial charge in [-0.15, -0.1) is 10.2 Å². The van der Waals surface area contributed by atoms with Crippen molar-refractivity contribution in [3.8, 4) is 0 Å². The van der Waals surface area contributed by atoms with E-state index in [1.807, 2.05) is 0 Å². The predicted molar refractivity (Wildman–Crippen MR) is 72.3 cm³/mol. The normalized spacial score (nSPS) is 44.2. The summed E-state index contributed by atoms with van der Waals surface area (Å²) in [5.74, 6) is -0.164. The number of carbonyl (C=O) groups is 2. The number of rotatable bonds is 1. The molecule has 100 valence electrons. The fourth-order valence-corrected chi connectivity index (χ4v) is 5.73. The summed E-state index contributed by atoms with van der Waals surface area (Å²) in [4.78, 5) is 25.6.